The Hall–Kier alpha value is -1.31. The summed E-state index contributed by atoms with van der Waals surface area (Å²) in [7, 11) is 0. The quantitative estimate of drug-likeness (QED) is 0.827. The first kappa shape index (κ1) is 13.1. The van der Waals surface area contributed by atoms with Crippen molar-refractivity contribution in [3.63, 3.8) is 0 Å². The molecule has 2 heterocycles. The van der Waals surface area contributed by atoms with Crippen molar-refractivity contribution in [2.45, 2.75) is 38.0 Å². The third kappa shape index (κ3) is 3.59. The molecule has 18 heavy (non-hydrogen) atoms. The van der Waals surface area contributed by atoms with Gasteiger partial charge in [0, 0.05) is 0 Å². The van der Waals surface area contributed by atoms with Gasteiger partial charge in [-0.3, -0.25) is 9.42 Å². The molecule has 1 saturated heterocycles. The number of nitrogens with zero attached hydrogens (tertiary/aromatic N) is 3. The fraction of sp³-hybridized carbons (Fsp3) is 0.800. The molecule has 8 heteroatoms. The summed E-state index contributed by atoms with van der Waals surface area (Å²) in [5.74, 6) is 0.160. The third-order valence-corrected chi connectivity index (χ3v) is 3.06. The Bertz CT molecular complexity index is 393. The predicted octanol–water partition coefficient (Wildman–Crippen LogP) is 0.961. The molecule has 5 nitrogen and oxygen atoms in total. The van der Waals surface area contributed by atoms with Crippen molar-refractivity contribution in [3.05, 3.63) is 6.20 Å². The molecule has 1 atom stereocenters. The maximum Gasteiger partial charge on any atom is 0.401 e. The summed E-state index contributed by atoms with van der Waals surface area (Å²) in [6.07, 6.45) is -0.204. The zero-order valence-electron chi connectivity index (χ0n) is 9.86. The number of aromatic nitrogens is 2. The first-order valence-corrected chi connectivity index (χ1v) is 5.87. The smallest absolute Gasteiger partial charge is 0.362 e. The molecule has 0 radical (unpaired) electrons. The third-order valence-electron chi connectivity index (χ3n) is 3.06. The van der Waals surface area contributed by atoms with Crippen LogP contribution in [0.25, 0.3) is 0 Å². The van der Waals surface area contributed by atoms with Crippen LogP contribution in [0.5, 0.6) is 0 Å². The highest BCUT2D eigenvalue weighted by atomic mass is 19.4. The van der Waals surface area contributed by atoms with Crippen LogP contribution in [0.15, 0.2) is 10.7 Å². The monoisotopic (exact) mass is 265 g/mol. The topological polar surface area (TPSA) is 59.2 Å². The average molecular weight is 265 g/mol. The largest absolute Gasteiger partial charge is 0.401 e. The average Bonchev–Trinajstić information content (AvgIpc) is 2.65. The normalized spacial score (nSPS) is 22.3. The van der Waals surface area contributed by atoms with Gasteiger partial charge in [-0.25, -0.2) is 0 Å². The van der Waals surface area contributed by atoms with E-state index in [0.29, 0.717) is 13.1 Å². The number of hydrogen-bond donors (Lipinski definition) is 1. The lowest BCUT2D eigenvalue weighted by molar-refractivity contribution is -0.766. The number of rotatable bonds is 3. The second kappa shape index (κ2) is 5.13. The molecule has 1 aliphatic rings. The minimum Gasteiger partial charge on any atom is -0.362 e. The zero-order valence-corrected chi connectivity index (χ0v) is 9.86. The minimum atomic E-state index is -4.16. The molecule has 0 saturated carbocycles. The highest BCUT2D eigenvalue weighted by molar-refractivity contribution is 5.11. The van der Waals surface area contributed by atoms with Crippen molar-refractivity contribution in [1.29, 1.82) is 0 Å². The Labute approximate surface area is 102 Å². The Morgan fingerprint density at radius 1 is 1.50 bits per heavy atom. The molecule has 0 spiro atoms. The van der Waals surface area contributed by atoms with E-state index in [4.69, 9.17) is 10.3 Å². The summed E-state index contributed by atoms with van der Waals surface area (Å²) < 4.78 is 43.5. The minimum absolute atomic E-state index is 0.160. The van der Waals surface area contributed by atoms with Gasteiger partial charge in [0.15, 0.2) is 6.54 Å². The van der Waals surface area contributed by atoms with Gasteiger partial charge in [-0.15, -0.1) is 0 Å². The van der Waals surface area contributed by atoms with Gasteiger partial charge in [0.1, 0.15) is 0 Å². The Morgan fingerprint density at radius 2 is 2.28 bits per heavy atom. The molecule has 0 bridgehead atoms. The summed E-state index contributed by atoms with van der Waals surface area (Å²) in [6, 6.07) is -0.171. The summed E-state index contributed by atoms with van der Waals surface area (Å²) in [5.41, 5.74) is 5.38. The van der Waals surface area contributed by atoms with Crippen LogP contribution in [-0.4, -0.2) is 35.5 Å². The second-order valence-corrected chi connectivity index (χ2v) is 4.56. The molecule has 2 N–H and O–H groups in total. The summed E-state index contributed by atoms with van der Waals surface area (Å²) in [5, 5.41) is 3.65. The first-order chi connectivity index (χ1) is 8.44. The molecule has 0 aliphatic carbocycles. The van der Waals surface area contributed by atoms with E-state index in [2.05, 4.69) is 5.27 Å². The lowest BCUT2D eigenvalue weighted by atomic mass is 10.0. The van der Waals surface area contributed by atoms with E-state index in [0.717, 1.165) is 19.3 Å². The number of halogens is 3. The van der Waals surface area contributed by atoms with Gasteiger partial charge in [0.05, 0.1) is 12.6 Å². The molecule has 2 rings (SSSR count). The second-order valence-electron chi connectivity index (χ2n) is 4.56. The number of nitrogens with two attached hydrogens (primary N) is 1. The van der Waals surface area contributed by atoms with Crippen LogP contribution in [0.4, 0.5) is 19.1 Å². The van der Waals surface area contributed by atoms with Gasteiger partial charge < -0.3 is 5.73 Å². The van der Waals surface area contributed by atoms with Crippen molar-refractivity contribution in [3.8, 4) is 0 Å². The molecule has 1 aromatic heterocycles. The van der Waals surface area contributed by atoms with Crippen LogP contribution in [-0.2, 0) is 6.54 Å². The first-order valence-electron chi connectivity index (χ1n) is 5.87. The van der Waals surface area contributed by atoms with E-state index in [1.165, 1.54) is 15.8 Å². The maximum absolute atomic E-state index is 12.5. The van der Waals surface area contributed by atoms with Crippen LogP contribution in [0.2, 0.25) is 0 Å². The lowest BCUT2D eigenvalue weighted by Gasteiger charge is -2.33. The number of hydrogen-bond acceptors (Lipinski definition) is 4. The fourth-order valence-corrected chi connectivity index (χ4v) is 2.30. The lowest BCUT2D eigenvalue weighted by Crippen LogP contribution is -2.52. The van der Waals surface area contributed by atoms with Gasteiger partial charge in [0.2, 0.25) is 5.27 Å². The molecule has 1 fully saturated rings. The van der Waals surface area contributed by atoms with Crippen molar-refractivity contribution >= 4 is 5.88 Å². The predicted molar refractivity (Wildman–Crippen MR) is 56.4 cm³/mol. The van der Waals surface area contributed by atoms with Crippen molar-refractivity contribution < 1.29 is 22.4 Å². The molecule has 1 unspecified atom stereocenters. The van der Waals surface area contributed by atoms with Gasteiger partial charge >= 0.3 is 6.18 Å². The number of nitrogen functional groups attached to an aromatic ring is 1. The molecule has 0 amide bonds. The van der Waals surface area contributed by atoms with Crippen LogP contribution in [0.1, 0.15) is 19.3 Å². The molecule has 0 aromatic carbocycles. The Morgan fingerprint density at radius 3 is 2.89 bits per heavy atom. The van der Waals surface area contributed by atoms with Gasteiger partial charge in [-0.05, 0) is 24.1 Å². The molecule has 1 aromatic rings. The van der Waals surface area contributed by atoms with Crippen molar-refractivity contribution in [2.75, 3.05) is 18.8 Å². The van der Waals surface area contributed by atoms with Gasteiger partial charge in [0.25, 0.3) is 12.1 Å². The molecular formula is C10H16F3N4O+. The number of alkyl halides is 3. The highest BCUT2D eigenvalue weighted by Gasteiger charge is 2.36. The van der Waals surface area contributed by atoms with Crippen LogP contribution >= 0.6 is 0 Å². The van der Waals surface area contributed by atoms with E-state index in [1.54, 1.807) is 0 Å². The standard InChI is InChI=1S/C10H16F3N4O/c11-10(12,13)7-16-4-2-1-3-8(16)5-17-6-9(14)18-15-17/h6,8H,1-5,7,14H2/q+1. The summed E-state index contributed by atoms with van der Waals surface area (Å²) in [4.78, 5) is 1.46. The van der Waals surface area contributed by atoms with Crippen LogP contribution in [0.3, 0.4) is 0 Å². The van der Waals surface area contributed by atoms with E-state index in [-0.39, 0.29) is 11.9 Å². The van der Waals surface area contributed by atoms with E-state index in [9.17, 15) is 13.2 Å². The summed E-state index contributed by atoms with van der Waals surface area (Å²) in [6.45, 7) is -0.0274. The molecular weight excluding hydrogens is 249 g/mol. The van der Waals surface area contributed by atoms with Crippen molar-refractivity contribution in [2.24, 2.45) is 0 Å². The zero-order chi connectivity index (χ0) is 13.2. The Kier molecular flexibility index (Phi) is 3.74. The SMILES string of the molecule is Nc1c[n+](CC2CCCCN2CC(F)(F)F)no1. The van der Waals surface area contributed by atoms with Gasteiger partial charge in [-0.2, -0.15) is 13.2 Å². The Balaban J connectivity index is 1.99. The summed E-state index contributed by atoms with van der Waals surface area (Å²) >= 11 is 0. The van der Waals surface area contributed by atoms with E-state index < -0.39 is 12.7 Å². The van der Waals surface area contributed by atoms with Crippen LogP contribution in [0, 0.1) is 0 Å². The van der Waals surface area contributed by atoms with E-state index in [1.807, 2.05) is 0 Å². The van der Waals surface area contributed by atoms with Crippen molar-refractivity contribution in [1.82, 2.24) is 10.2 Å². The molecule has 102 valence electrons. The molecule has 1 aliphatic heterocycles. The number of likely N-dealkylation sites (tertiary alicyclic amines) is 1. The maximum atomic E-state index is 12.5. The van der Waals surface area contributed by atoms with Gasteiger partial charge in [-0.1, -0.05) is 6.42 Å². The number of piperidine rings is 1. The fourth-order valence-electron chi connectivity index (χ4n) is 2.30. The highest BCUT2D eigenvalue weighted by Crippen LogP contribution is 2.23. The number of anilines is 1. The van der Waals surface area contributed by atoms with E-state index >= 15 is 0 Å². The van der Waals surface area contributed by atoms with Crippen LogP contribution < -0.4 is 10.4 Å².